The minimum Gasteiger partial charge on any atom is -0.398 e. The molecule has 0 bridgehead atoms. The van der Waals surface area contributed by atoms with Gasteiger partial charge in [-0.25, -0.2) is 0 Å². The molecule has 1 heterocycles. The Morgan fingerprint density at radius 3 is 2.88 bits per heavy atom. The number of aliphatic hydroxyl groups excluding tert-OH is 1. The number of nitrogen functional groups attached to an aromatic ring is 1. The molecule has 1 aromatic rings. The number of rotatable bonds is 6. The highest BCUT2D eigenvalue weighted by atomic mass is 16.3. The van der Waals surface area contributed by atoms with Crippen molar-refractivity contribution in [3.8, 4) is 0 Å². The summed E-state index contributed by atoms with van der Waals surface area (Å²) in [7, 11) is 0. The van der Waals surface area contributed by atoms with Crippen LogP contribution in [-0.4, -0.2) is 28.7 Å². The minimum absolute atomic E-state index is 0.0387. The van der Waals surface area contributed by atoms with Gasteiger partial charge in [-0.2, -0.15) is 0 Å². The van der Waals surface area contributed by atoms with Crippen molar-refractivity contribution >= 4 is 11.6 Å². The Balaban J connectivity index is 2.45. The molecule has 1 rings (SSSR count). The van der Waals surface area contributed by atoms with Crippen LogP contribution in [0.25, 0.3) is 0 Å². The second-order valence-corrected chi connectivity index (χ2v) is 3.71. The van der Waals surface area contributed by atoms with Gasteiger partial charge in [-0.3, -0.25) is 9.59 Å². The summed E-state index contributed by atoms with van der Waals surface area (Å²) in [4.78, 5) is 22.8. The fourth-order valence-corrected chi connectivity index (χ4v) is 1.35. The zero-order valence-electron chi connectivity index (χ0n) is 9.56. The molecule has 0 unspecified atom stereocenters. The van der Waals surface area contributed by atoms with Gasteiger partial charge < -0.3 is 20.7 Å². The van der Waals surface area contributed by atoms with Gasteiger partial charge in [0, 0.05) is 31.1 Å². The molecule has 6 nitrogen and oxygen atoms in total. The van der Waals surface area contributed by atoms with E-state index >= 15 is 0 Å². The van der Waals surface area contributed by atoms with Crippen molar-refractivity contribution in [2.75, 3.05) is 18.9 Å². The molecule has 4 N–H and O–H groups in total. The number of aromatic nitrogens is 1. The quantitative estimate of drug-likeness (QED) is 0.573. The van der Waals surface area contributed by atoms with E-state index in [0.717, 1.165) is 0 Å². The Kier molecular flexibility index (Phi) is 5.22. The molecule has 0 saturated heterocycles. The largest absolute Gasteiger partial charge is 0.398 e. The lowest BCUT2D eigenvalue weighted by Crippen LogP contribution is -2.32. The Bertz CT molecular complexity index is 428. The van der Waals surface area contributed by atoms with Crippen LogP contribution in [0.3, 0.4) is 0 Å². The summed E-state index contributed by atoms with van der Waals surface area (Å²) >= 11 is 0. The molecule has 1 amide bonds. The first-order valence-electron chi connectivity index (χ1n) is 5.47. The third-order valence-electron chi connectivity index (χ3n) is 2.23. The lowest BCUT2D eigenvalue weighted by Gasteiger charge is -2.07. The average Bonchev–Trinajstić information content (AvgIpc) is 2.29. The molecule has 1 aromatic heterocycles. The van der Waals surface area contributed by atoms with Crippen molar-refractivity contribution in [2.24, 2.45) is 0 Å². The first-order chi connectivity index (χ1) is 8.13. The number of amides is 1. The van der Waals surface area contributed by atoms with Crippen molar-refractivity contribution in [1.29, 1.82) is 0 Å². The van der Waals surface area contributed by atoms with Crippen LogP contribution in [0.4, 0.5) is 5.69 Å². The second-order valence-electron chi connectivity index (χ2n) is 3.71. The smallest absolute Gasteiger partial charge is 0.251 e. The van der Waals surface area contributed by atoms with Crippen molar-refractivity contribution in [2.45, 2.75) is 19.4 Å². The molecule has 17 heavy (non-hydrogen) atoms. The summed E-state index contributed by atoms with van der Waals surface area (Å²) in [6, 6.07) is 2.83. The number of carbonyl (C=O) groups is 1. The Morgan fingerprint density at radius 2 is 2.18 bits per heavy atom. The molecule has 0 atom stereocenters. The zero-order valence-corrected chi connectivity index (χ0v) is 9.56. The fraction of sp³-hybridized carbons (Fsp3) is 0.455. The highest BCUT2D eigenvalue weighted by molar-refractivity contribution is 5.75. The number of unbranched alkanes of at least 4 members (excludes halogenated alkanes) is 1. The second kappa shape index (κ2) is 6.70. The topological polar surface area (TPSA) is 97.4 Å². The molecule has 0 fully saturated rings. The molecule has 0 aliphatic rings. The van der Waals surface area contributed by atoms with E-state index in [-0.39, 0.29) is 24.6 Å². The monoisotopic (exact) mass is 239 g/mol. The van der Waals surface area contributed by atoms with Gasteiger partial charge in [-0.1, -0.05) is 0 Å². The van der Waals surface area contributed by atoms with Crippen LogP contribution in [0.5, 0.6) is 0 Å². The summed E-state index contributed by atoms with van der Waals surface area (Å²) in [6.45, 7) is 0.573. The molecule has 0 radical (unpaired) electrons. The van der Waals surface area contributed by atoms with Gasteiger partial charge in [0.2, 0.25) is 5.91 Å². The number of anilines is 1. The summed E-state index contributed by atoms with van der Waals surface area (Å²) in [5.41, 5.74) is 5.71. The van der Waals surface area contributed by atoms with E-state index in [0.29, 0.717) is 25.1 Å². The zero-order chi connectivity index (χ0) is 12.7. The molecule has 0 spiro atoms. The Morgan fingerprint density at radius 1 is 1.41 bits per heavy atom. The third kappa shape index (κ3) is 4.69. The normalized spacial score (nSPS) is 10.2. The number of carbonyl (C=O) groups excluding carboxylic acids is 1. The van der Waals surface area contributed by atoms with E-state index in [1.807, 2.05) is 0 Å². The van der Waals surface area contributed by atoms with Gasteiger partial charge in [0.25, 0.3) is 5.56 Å². The summed E-state index contributed by atoms with van der Waals surface area (Å²) < 4.78 is 1.26. The van der Waals surface area contributed by atoms with E-state index in [4.69, 9.17) is 10.8 Å². The number of aliphatic hydroxyl groups is 1. The van der Waals surface area contributed by atoms with Crippen LogP contribution in [0.2, 0.25) is 0 Å². The summed E-state index contributed by atoms with van der Waals surface area (Å²) in [5.74, 6) is -0.240. The molecule has 0 aromatic carbocycles. The SMILES string of the molecule is Nc1ccc(=O)n(CC(=O)NCCCCO)c1. The van der Waals surface area contributed by atoms with Gasteiger partial charge in [-0.05, 0) is 18.9 Å². The maximum Gasteiger partial charge on any atom is 0.251 e. The lowest BCUT2D eigenvalue weighted by atomic mass is 10.3. The van der Waals surface area contributed by atoms with Gasteiger partial charge >= 0.3 is 0 Å². The molecular weight excluding hydrogens is 222 g/mol. The summed E-state index contributed by atoms with van der Waals surface area (Å²) in [6.07, 6.45) is 2.81. The van der Waals surface area contributed by atoms with Gasteiger partial charge in [-0.15, -0.1) is 0 Å². The van der Waals surface area contributed by atoms with Gasteiger partial charge in [0.05, 0.1) is 0 Å². The molecule has 0 aliphatic carbocycles. The van der Waals surface area contributed by atoms with Crippen molar-refractivity contribution < 1.29 is 9.90 Å². The Hall–Kier alpha value is -1.82. The van der Waals surface area contributed by atoms with Crippen LogP contribution in [-0.2, 0) is 11.3 Å². The number of hydrogen-bond donors (Lipinski definition) is 3. The van der Waals surface area contributed by atoms with E-state index in [2.05, 4.69) is 5.32 Å². The van der Waals surface area contributed by atoms with Crippen molar-refractivity contribution in [1.82, 2.24) is 9.88 Å². The Labute approximate surface area is 99.1 Å². The molecule has 0 saturated carbocycles. The fourth-order valence-electron chi connectivity index (χ4n) is 1.35. The van der Waals surface area contributed by atoms with Crippen LogP contribution in [0.15, 0.2) is 23.1 Å². The predicted octanol–water partition coefficient (Wildman–Crippen LogP) is -0.681. The van der Waals surface area contributed by atoms with Crippen molar-refractivity contribution in [3.63, 3.8) is 0 Å². The summed E-state index contributed by atoms with van der Waals surface area (Å²) in [5, 5.41) is 11.2. The van der Waals surface area contributed by atoms with Crippen LogP contribution in [0.1, 0.15) is 12.8 Å². The van der Waals surface area contributed by atoms with Crippen LogP contribution < -0.4 is 16.6 Å². The minimum atomic E-state index is -0.260. The number of hydrogen-bond acceptors (Lipinski definition) is 4. The molecular formula is C11H17N3O3. The first kappa shape index (κ1) is 13.2. The number of pyridine rings is 1. The van der Waals surface area contributed by atoms with E-state index in [9.17, 15) is 9.59 Å². The third-order valence-corrected chi connectivity index (χ3v) is 2.23. The highest BCUT2D eigenvalue weighted by Crippen LogP contribution is 1.95. The maximum atomic E-state index is 11.5. The van der Waals surface area contributed by atoms with Crippen LogP contribution >= 0.6 is 0 Å². The number of nitrogens with zero attached hydrogens (tertiary/aromatic N) is 1. The maximum absolute atomic E-state index is 11.5. The average molecular weight is 239 g/mol. The molecule has 6 heteroatoms. The number of nitrogens with two attached hydrogens (primary N) is 1. The van der Waals surface area contributed by atoms with E-state index in [1.165, 1.54) is 22.9 Å². The van der Waals surface area contributed by atoms with E-state index < -0.39 is 0 Å². The van der Waals surface area contributed by atoms with Crippen LogP contribution in [0, 0.1) is 0 Å². The highest BCUT2D eigenvalue weighted by Gasteiger charge is 2.03. The standard InChI is InChI=1S/C11H17N3O3/c12-9-3-4-11(17)14(7-9)8-10(16)13-5-1-2-6-15/h3-4,7,15H,1-2,5-6,8,12H2,(H,13,16). The predicted molar refractivity (Wildman–Crippen MR) is 64.4 cm³/mol. The molecule has 94 valence electrons. The molecule has 0 aliphatic heterocycles. The van der Waals surface area contributed by atoms with Gasteiger partial charge in [0.1, 0.15) is 6.54 Å². The van der Waals surface area contributed by atoms with Crippen molar-refractivity contribution in [3.05, 3.63) is 28.7 Å². The van der Waals surface area contributed by atoms with E-state index in [1.54, 1.807) is 0 Å². The first-order valence-corrected chi connectivity index (χ1v) is 5.47. The lowest BCUT2D eigenvalue weighted by molar-refractivity contribution is -0.121. The van der Waals surface area contributed by atoms with Gasteiger partial charge in [0.15, 0.2) is 0 Å². The number of nitrogens with one attached hydrogen (secondary N) is 1.